The minimum Gasteiger partial charge on any atom is -0.505 e. The minimum absolute atomic E-state index is 0.0687. The Kier molecular flexibility index (Phi) is 5.36. The number of aryl methyl sites for hydroxylation is 1. The van der Waals surface area contributed by atoms with E-state index in [1.54, 1.807) is 35.9 Å². The largest absolute Gasteiger partial charge is 0.505 e. The number of carbonyl (C=O) groups is 1. The molecule has 0 spiro atoms. The van der Waals surface area contributed by atoms with E-state index in [9.17, 15) is 9.90 Å². The van der Waals surface area contributed by atoms with Crippen molar-refractivity contribution in [3.05, 3.63) is 72.8 Å². The Balaban J connectivity index is 1.73. The fourth-order valence-electron chi connectivity index (χ4n) is 2.54. The summed E-state index contributed by atoms with van der Waals surface area (Å²) in [6, 6.07) is 6.80. The van der Waals surface area contributed by atoms with Gasteiger partial charge in [-0.15, -0.1) is 0 Å². The minimum atomic E-state index is -0.291. The summed E-state index contributed by atoms with van der Waals surface area (Å²) in [7, 11) is 0. The number of aromatic hydroxyl groups is 1. The topological polar surface area (TPSA) is 84.1 Å². The van der Waals surface area contributed by atoms with Gasteiger partial charge in [0.05, 0.1) is 6.33 Å². The van der Waals surface area contributed by atoms with Crippen LogP contribution in [0.1, 0.15) is 22.5 Å². The molecule has 3 aromatic rings. The Morgan fingerprint density at radius 1 is 1.12 bits per heavy atom. The molecule has 1 N–H and O–H groups in total. The van der Waals surface area contributed by atoms with E-state index in [4.69, 9.17) is 0 Å². The highest BCUT2D eigenvalue weighted by molar-refractivity contribution is 5.94. The van der Waals surface area contributed by atoms with Gasteiger partial charge in [-0.3, -0.25) is 9.78 Å². The van der Waals surface area contributed by atoms with Crippen molar-refractivity contribution >= 4 is 5.91 Å². The summed E-state index contributed by atoms with van der Waals surface area (Å²) in [4.78, 5) is 26.6. The molecule has 0 fully saturated rings. The molecule has 0 aliphatic heterocycles. The summed E-state index contributed by atoms with van der Waals surface area (Å²) in [5.74, 6) is -0.401. The number of aromatic nitrogens is 4. The average Bonchev–Trinajstić information content (AvgIpc) is 3.15. The molecular weight excluding hydrogens is 318 g/mol. The average molecular weight is 337 g/mol. The number of hydrogen-bond acceptors (Lipinski definition) is 5. The molecule has 3 rings (SSSR count). The van der Waals surface area contributed by atoms with Crippen LogP contribution in [0.5, 0.6) is 5.75 Å². The van der Waals surface area contributed by atoms with Gasteiger partial charge in [0.15, 0.2) is 5.69 Å². The van der Waals surface area contributed by atoms with Gasteiger partial charge in [0, 0.05) is 50.6 Å². The third-order valence-electron chi connectivity index (χ3n) is 3.80. The standard InChI is InChI=1S/C18H19N5O2/c24-16-3-1-6-21-17(16)18(25)23(13-15-4-7-19-8-5-15)11-2-10-22-12-9-20-14-22/h1,3-9,12,14,24H,2,10-11,13H2. The highest BCUT2D eigenvalue weighted by Crippen LogP contribution is 2.17. The van der Waals surface area contributed by atoms with E-state index in [-0.39, 0.29) is 17.4 Å². The molecule has 128 valence electrons. The fourth-order valence-corrected chi connectivity index (χ4v) is 2.54. The lowest BCUT2D eigenvalue weighted by molar-refractivity contribution is 0.0729. The molecule has 0 unspecified atom stereocenters. The van der Waals surface area contributed by atoms with Crippen LogP contribution < -0.4 is 0 Å². The first-order chi connectivity index (χ1) is 12.2. The molecule has 0 saturated heterocycles. The lowest BCUT2D eigenvalue weighted by Crippen LogP contribution is -2.32. The van der Waals surface area contributed by atoms with Gasteiger partial charge in [0.25, 0.3) is 5.91 Å². The summed E-state index contributed by atoms with van der Waals surface area (Å²) in [6.07, 6.45) is 11.0. The van der Waals surface area contributed by atoms with E-state index >= 15 is 0 Å². The van der Waals surface area contributed by atoms with E-state index in [0.29, 0.717) is 13.1 Å². The van der Waals surface area contributed by atoms with Crippen molar-refractivity contribution in [2.45, 2.75) is 19.5 Å². The molecular formula is C18H19N5O2. The fraction of sp³-hybridized carbons (Fsp3) is 0.222. The summed E-state index contributed by atoms with van der Waals surface area (Å²) < 4.78 is 1.97. The van der Waals surface area contributed by atoms with Crippen LogP contribution in [0.4, 0.5) is 0 Å². The Morgan fingerprint density at radius 3 is 2.68 bits per heavy atom. The number of nitrogens with zero attached hydrogens (tertiary/aromatic N) is 5. The van der Waals surface area contributed by atoms with Crippen LogP contribution in [0, 0.1) is 0 Å². The van der Waals surface area contributed by atoms with Crippen LogP contribution in [0.3, 0.4) is 0 Å². The second-order valence-electron chi connectivity index (χ2n) is 5.61. The number of imidazole rings is 1. The van der Waals surface area contributed by atoms with E-state index in [1.165, 1.54) is 12.3 Å². The van der Waals surface area contributed by atoms with Crippen molar-refractivity contribution in [1.82, 2.24) is 24.4 Å². The Morgan fingerprint density at radius 2 is 1.96 bits per heavy atom. The van der Waals surface area contributed by atoms with Crippen LogP contribution in [0.25, 0.3) is 0 Å². The van der Waals surface area contributed by atoms with E-state index < -0.39 is 0 Å². The predicted octanol–water partition coefficient (Wildman–Crippen LogP) is 2.11. The van der Waals surface area contributed by atoms with Crippen molar-refractivity contribution in [3.63, 3.8) is 0 Å². The van der Waals surface area contributed by atoms with Gasteiger partial charge in [-0.1, -0.05) is 0 Å². The number of carbonyl (C=O) groups excluding carboxylic acids is 1. The molecule has 1 amide bonds. The lowest BCUT2D eigenvalue weighted by atomic mass is 10.2. The monoisotopic (exact) mass is 337 g/mol. The van der Waals surface area contributed by atoms with E-state index in [2.05, 4.69) is 15.0 Å². The maximum absolute atomic E-state index is 12.8. The molecule has 7 heteroatoms. The van der Waals surface area contributed by atoms with Crippen LogP contribution >= 0.6 is 0 Å². The van der Waals surface area contributed by atoms with Crippen molar-refractivity contribution in [2.24, 2.45) is 0 Å². The van der Waals surface area contributed by atoms with Crippen molar-refractivity contribution in [3.8, 4) is 5.75 Å². The zero-order valence-corrected chi connectivity index (χ0v) is 13.7. The predicted molar refractivity (Wildman–Crippen MR) is 91.7 cm³/mol. The van der Waals surface area contributed by atoms with Gasteiger partial charge in [0.2, 0.25) is 0 Å². The lowest BCUT2D eigenvalue weighted by Gasteiger charge is -2.23. The maximum atomic E-state index is 12.8. The molecule has 0 atom stereocenters. The van der Waals surface area contributed by atoms with Gasteiger partial charge in [-0.2, -0.15) is 0 Å². The number of hydrogen-bond donors (Lipinski definition) is 1. The van der Waals surface area contributed by atoms with Gasteiger partial charge < -0.3 is 14.6 Å². The first kappa shape index (κ1) is 16.6. The number of amides is 1. The van der Waals surface area contributed by atoms with Crippen LogP contribution in [-0.4, -0.2) is 42.0 Å². The normalized spacial score (nSPS) is 10.6. The molecule has 3 aromatic heterocycles. The third-order valence-corrected chi connectivity index (χ3v) is 3.80. The summed E-state index contributed by atoms with van der Waals surface area (Å²) >= 11 is 0. The molecule has 7 nitrogen and oxygen atoms in total. The zero-order chi connectivity index (χ0) is 17.5. The molecule has 0 aliphatic rings. The van der Waals surface area contributed by atoms with Crippen LogP contribution in [0.2, 0.25) is 0 Å². The summed E-state index contributed by atoms with van der Waals surface area (Å²) in [5.41, 5.74) is 1.04. The first-order valence-corrected chi connectivity index (χ1v) is 8.02. The quantitative estimate of drug-likeness (QED) is 0.714. The Labute approximate surface area is 145 Å². The maximum Gasteiger partial charge on any atom is 0.276 e. The first-order valence-electron chi connectivity index (χ1n) is 8.02. The van der Waals surface area contributed by atoms with Gasteiger partial charge in [0.1, 0.15) is 5.75 Å². The van der Waals surface area contributed by atoms with Crippen molar-refractivity contribution < 1.29 is 9.90 Å². The third kappa shape index (κ3) is 4.41. The van der Waals surface area contributed by atoms with Crippen LogP contribution in [0.15, 0.2) is 61.6 Å². The summed E-state index contributed by atoms with van der Waals surface area (Å²) in [5, 5.41) is 9.94. The van der Waals surface area contributed by atoms with Gasteiger partial charge in [-0.05, 0) is 36.2 Å². The van der Waals surface area contributed by atoms with Crippen LogP contribution in [-0.2, 0) is 13.1 Å². The molecule has 25 heavy (non-hydrogen) atoms. The molecule has 0 aliphatic carbocycles. The molecule has 0 radical (unpaired) electrons. The molecule has 0 aromatic carbocycles. The number of rotatable bonds is 7. The van der Waals surface area contributed by atoms with Crippen molar-refractivity contribution in [2.75, 3.05) is 6.54 Å². The highest BCUT2D eigenvalue weighted by Gasteiger charge is 2.20. The van der Waals surface area contributed by atoms with Gasteiger partial charge in [-0.25, -0.2) is 9.97 Å². The molecule has 0 bridgehead atoms. The van der Waals surface area contributed by atoms with E-state index in [0.717, 1.165) is 18.5 Å². The summed E-state index contributed by atoms with van der Waals surface area (Å²) in [6.45, 7) is 1.73. The molecule has 3 heterocycles. The highest BCUT2D eigenvalue weighted by atomic mass is 16.3. The Bertz CT molecular complexity index is 805. The number of pyridine rings is 2. The second kappa shape index (κ2) is 8.05. The van der Waals surface area contributed by atoms with Gasteiger partial charge >= 0.3 is 0 Å². The SMILES string of the molecule is O=C(c1ncccc1O)N(CCCn1ccnc1)Cc1ccncc1. The smallest absolute Gasteiger partial charge is 0.276 e. The Hall–Kier alpha value is -3.22. The van der Waals surface area contributed by atoms with Crippen molar-refractivity contribution in [1.29, 1.82) is 0 Å². The van der Waals surface area contributed by atoms with E-state index in [1.807, 2.05) is 22.9 Å². The molecule has 0 saturated carbocycles. The second-order valence-corrected chi connectivity index (χ2v) is 5.61. The zero-order valence-electron chi connectivity index (χ0n) is 13.7.